The highest BCUT2D eigenvalue weighted by atomic mass is 19.4. The maximum Gasteiger partial charge on any atom is 0.416 e. The predicted octanol–water partition coefficient (Wildman–Crippen LogP) is 3.99. The molecule has 4 nitrogen and oxygen atoms in total. The molecule has 2 rings (SSSR count). The number of halogens is 3. The van der Waals surface area contributed by atoms with Crippen LogP contribution >= 0.6 is 0 Å². The summed E-state index contributed by atoms with van der Waals surface area (Å²) in [6.45, 7) is 0. The van der Waals surface area contributed by atoms with E-state index in [4.69, 9.17) is 0 Å². The van der Waals surface area contributed by atoms with Gasteiger partial charge in [-0.25, -0.2) is 4.79 Å². The standard InChI is InChI=1S/C19H16F3NO3/c20-19(21,22)15-10-5-9-14(12-15)17(24)23-16(18(25)26)11-4-8-13-6-2-1-3-7-13/h1-10,12,16H,11H2,(H,23,24)(H,25,26)/b8-4+/t16-/m1/s1. The van der Waals surface area contributed by atoms with E-state index in [1.165, 1.54) is 6.07 Å². The van der Waals surface area contributed by atoms with Crippen LogP contribution in [-0.2, 0) is 11.0 Å². The van der Waals surface area contributed by atoms with Crippen molar-refractivity contribution in [1.29, 1.82) is 0 Å². The Hall–Kier alpha value is -3.09. The van der Waals surface area contributed by atoms with E-state index >= 15 is 0 Å². The number of carboxylic acids is 1. The van der Waals surface area contributed by atoms with Gasteiger partial charge in [0.05, 0.1) is 5.56 Å². The summed E-state index contributed by atoms with van der Waals surface area (Å²) in [5, 5.41) is 11.5. The molecule has 0 saturated carbocycles. The molecule has 0 aromatic heterocycles. The van der Waals surface area contributed by atoms with Crippen LogP contribution in [0.2, 0.25) is 0 Å². The van der Waals surface area contributed by atoms with Gasteiger partial charge < -0.3 is 10.4 Å². The smallest absolute Gasteiger partial charge is 0.416 e. The summed E-state index contributed by atoms with van der Waals surface area (Å²) >= 11 is 0. The van der Waals surface area contributed by atoms with E-state index in [2.05, 4.69) is 5.32 Å². The second-order valence-corrected chi connectivity index (χ2v) is 5.49. The number of hydrogen-bond donors (Lipinski definition) is 2. The first-order valence-electron chi connectivity index (χ1n) is 7.70. The van der Waals surface area contributed by atoms with Crippen molar-refractivity contribution in [2.45, 2.75) is 18.6 Å². The van der Waals surface area contributed by atoms with Crippen molar-refractivity contribution in [1.82, 2.24) is 5.32 Å². The van der Waals surface area contributed by atoms with Gasteiger partial charge in [0.1, 0.15) is 6.04 Å². The van der Waals surface area contributed by atoms with Gasteiger partial charge in [-0.3, -0.25) is 4.79 Å². The monoisotopic (exact) mass is 363 g/mol. The molecule has 7 heteroatoms. The van der Waals surface area contributed by atoms with Gasteiger partial charge in [0, 0.05) is 5.56 Å². The van der Waals surface area contributed by atoms with Crippen molar-refractivity contribution in [2.24, 2.45) is 0 Å². The highest BCUT2D eigenvalue weighted by Crippen LogP contribution is 2.29. The Morgan fingerprint density at radius 3 is 2.38 bits per heavy atom. The number of hydrogen-bond acceptors (Lipinski definition) is 2. The molecular weight excluding hydrogens is 347 g/mol. The van der Waals surface area contributed by atoms with Gasteiger partial charge >= 0.3 is 12.1 Å². The Bertz CT molecular complexity index is 801. The number of nitrogens with one attached hydrogen (secondary N) is 1. The molecule has 1 amide bonds. The van der Waals surface area contributed by atoms with Crippen molar-refractivity contribution in [3.8, 4) is 0 Å². The van der Waals surface area contributed by atoms with Gasteiger partial charge in [-0.2, -0.15) is 13.2 Å². The minimum atomic E-state index is -4.58. The van der Waals surface area contributed by atoms with E-state index in [-0.39, 0.29) is 12.0 Å². The van der Waals surface area contributed by atoms with E-state index < -0.39 is 29.7 Å². The number of carbonyl (C=O) groups is 2. The van der Waals surface area contributed by atoms with Gasteiger partial charge in [-0.05, 0) is 30.2 Å². The maximum atomic E-state index is 12.7. The Balaban J connectivity index is 2.06. The molecule has 0 aliphatic rings. The molecule has 0 fully saturated rings. The lowest BCUT2D eigenvalue weighted by Crippen LogP contribution is -2.40. The summed E-state index contributed by atoms with van der Waals surface area (Å²) in [5.41, 5.74) is -0.361. The molecule has 26 heavy (non-hydrogen) atoms. The SMILES string of the molecule is O=C(N[C@H](C/C=C/c1ccccc1)C(=O)O)c1cccc(C(F)(F)F)c1. The predicted molar refractivity (Wildman–Crippen MR) is 90.4 cm³/mol. The van der Waals surface area contributed by atoms with Gasteiger partial charge in [0.25, 0.3) is 5.91 Å². The van der Waals surface area contributed by atoms with Gasteiger partial charge in [0.15, 0.2) is 0 Å². The van der Waals surface area contributed by atoms with E-state index in [0.29, 0.717) is 6.07 Å². The third-order valence-corrected chi connectivity index (χ3v) is 3.54. The van der Waals surface area contributed by atoms with Crippen LogP contribution in [0.3, 0.4) is 0 Å². The quantitative estimate of drug-likeness (QED) is 0.816. The van der Waals surface area contributed by atoms with Crippen LogP contribution in [-0.4, -0.2) is 23.0 Å². The molecule has 0 saturated heterocycles. The summed E-state index contributed by atoms with van der Waals surface area (Å²) < 4.78 is 38.1. The first kappa shape index (κ1) is 19.2. The molecule has 0 aliphatic heterocycles. The fourth-order valence-corrected chi connectivity index (χ4v) is 2.20. The molecule has 0 spiro atoms. The highest BCUT2D eigenvalue weighted by Gasteiger charge is 2.31. The van der Waals surface area contributed by atoms with Gasteiger partial charge in [-0.1, -0.05) is 48.6 Å². The molecule has 136 valence electrons. The average molecular weight is 363 g/mol. The number of carbonyl (C=O) groups excluding carboxylic acids is 1. The Morgan fingerprint density at radius 1 is 1.08 bits per heavy atom. The molecule has 0 aliphatic carbocycles. The fourth-order valence-electron chi connectivity index (χ4n) is 2.20. The fraction of sp³-hybridized carbons (Fsp3) is 0.158. The van der Waals surface area contributed by atoms with E-state index in [1.54, 1.807) is 12.2 Å². The second-order valence-electron chi connectivity index (χ2n) is 5.49. The lowest BCUT2D eigenvalue weighted by molar-refractivity contribution is -0.139. The van der Waals surface area contributed by atoms with E-state index in [1.807, 2.05) is 30.3 Å². The first-order chi connectivity index (χ1) is 12.3. The minimum Gasteiger partial charge on any atom is -0.480 e. The largest absolute Gasteiger partial charge is 0.480 e. The Labute approximate surface area is 148 Å². The summed E-state index contributed by atoms with van der Waals surface area (Å²) in [6, 6.07) is 11.7. The van der Waals surface area contributed by atoms with Gasteiger partial charge in [-0.15, -0.1) is 0 Å². The maximum absolute atomic E-state index is 12.7. The third-order valence-electron chi connectivity index (χ3n) is 3.54. The minimum absolute atomic E-state index is 0.00503. The molecule has 0 bridgehead atoms. The number of aliphatic carboxylic acids is 1. The summed E-state index contributed by atoms with van der Waals surface area (Å²) in [5.74, 6) is -2.15. The zero-order chi connectivity index (χ0) is 19.2. The van der Waals surface area contributed by atoms with Crippen LogP contribution in [0.25, 0.3) is 6.08 Å². The van der Waals surface area contributed by atoms with Gasteiger partial charge in [0.2, 0.25) is 0 Å². The summed E-state index contributed by atoms with van der Waals surface area (Å²) in [4.78, 5) is 23.4. The lowest BCUT2D eigenvalue weighted by Gasteiger charge is -2.14. The second kappa shape index (κ2) is 8.33. The molecule has 0 radical (unpaired) electrons. The molecule has 0 unspecified atom stereocenters. The number of carboxylic acid groups (broad SMARTS) is 1. The summed E-state index contributed by atoms with van der Waals surface area (Å²) in [7, 11) is 0. The number of benzene rings is 2. The third kappa shape index (κ3) is 5.47. The van der Waals surface area contributed by atoms with Crippen LogP contribution < -0.4 is 5.32 Å². The van der Waals surface area contributed by atoms with E-state index in [0.717, 1.165) is 17.7 Å². The van der Waals surface area contributed by atoms with Crippen molar-refractivity contribution in [2.75, 3.05) is 0 Å². The number of rotatable bonds is 6. The molecular formula is C19H16F3NO3. The highest BCUT2D eigenvalue weighted by molar-refractivity contribution is 5.96. The normalized spacial score (nSPS) is 12.7. The molecule has 1 atom stereocenters. The zero-order valence-electron chi connectivity index (χ0n) is 13.5. The van der Waals surface area contributed by atoms with Crippen molar-refractivity contribution < 1.29 is 27.9 Å². The van der Waals surface area contributed by atoms with Crippen molar-refractivity contribution in [3.05, 3.63) is 77.4 Å². The molecule has 2 aromatic rings. The van der Waals surface area contributed by atoms with Crippen molar-refractivity contribution >= 4 is 18.0 Å². The van der Waals surface area contributed by atoms with Crippen LogP contribution in [0.5, 0.6) is 0 Å². The van der Waals surface area contributed by atoms with Crippen LogP contribution in [0.4, 0.5) is 13.2 Å². The molecule has 2 N–H and O–H groups in total. The first-order valence-corrected chi connectivity index (χ1v) is 7.70. The van der Waals surface area contributed by atoms with Crippen LogP contribution in [0.1, 0.15) is 27.9 Å². The van der Waals surface area contributed by atoms with Crippen LogP contribution in [0, 0.1) is 0 Å². The Kier molecular flexibility index (Phi) is 6.16. The molecule has 2 aromatic carbocycles. The van der Waals surface area contributed by atoms with Crippen LogP contribution in [0.15, 0.2) is 60.7 Å². The number of amides is 1. The topological polar surface area (TPSA) is 66.4 Å². The summed E-state index contributed by atoms with van der Waals surface area (Å²) in [6.07, 6.45) is -1.30. The molecule has 0 heterocycles. The Morgan fingerprint density at radius 2 is 1.77 bits per heavy atom. The average Bonchev–Trinajstić information content (AvgIpc) is 2.61. The van der Waals surface area contributed by atoms with E-state index in [9.17, 15) is 27.9 Å². The number of alkyl halides is 3. The zero-order valence-corrected chi connectivity index (χ0v) is 13.5. The lowest BCUT2D eigenvalue weighted by atomic mass is 10.1. The van der Waals surface area contributed by atoms with Crippen molar-refractivity contribution in [3.63, 3.8) is 0 Å².